The summed E-state index contributed by atoms with van der Waals surface area (Å²) >= 11 is 0. The summed E-state index contributed by atoms with van der Waals surface area (Å²) in [6.07, 6.45) is 2.05. The molecule has 0 spiro atoms. The van der Waals surface area contributed by atoms with Crippen LogP contribution in [-0.4, -0.2) is 65.9 Å². The Hall–Kier alpha value is -2.00. The summed E-state index contributed by atoms with van der Waals surface area (Å²) in [5.74, 6) is 2.10. The Morgan fingerprint density at radius 2 is 2.00 bits per heavy atom. The Morgan fingerprint density at radius 1 is 1.23 bits per heavy atom. The largest absolute Gasteiger partial charge is 0.490 e. The molecule has 8 nitrogen and oxygen atoms in total. The van der Waals surface area contributed by atoms with Crippen molar-refractivity contribution in [2.24, 2.45) is 4.99 Å². The molecule has 0 amide bonds. The van der Waals surface area contributed by atoms with Gasteiger partial charge in [-0.15, -0.1) is 0 Å². The van der Waals surface area contributed by atoms with Gasteiger partial charge in [0.25, 0.3) is 0 Å². The van der Waals surface area contributed by atoms with Crippen LogP contribution in [0.1, 0.15) is 13.3 Å². The van der Waals surface area contributed by atoms with Crippen molar-refractivity contribution in [3.05, 3.63) is 18.2 Å². The number of aliphatic imine (C=N–C) groups is 1. The number of sulfone groups is 1. The van der Waals surface area contributed by atoms with Crippen molar-refractivity contribution in [2.45, 2.75) is 13.3 Å². The number of benzene rings is 1. The van der Waals surface area contributed by atoms with Crippen molar-refractivity contribution < 1.29 is 22.6 Å². The van der Waals surface area contributed by atoms with Crippen molar-refractivity contribution in [3.8, 4) is 11.5 Å². The average Bonchev–Trinajstić information content (AvgIpc) is 2.82. The first-order chi connectivity index (χ1) is 12.5. The normalized spacial score (nSPS) is 14.6. The molecule has 1 aliphatic heterocycles. The van der Waals surface area contributed by atoms with Gasteiger partial charge in [0.1, 0.15) is 9.84 Å². The first kappa shape index (κ1) is 20.3. The van der Waals surface area contributed by atoms with Gasteiger partial charge >= 0.3 is 0 Å². The Morgan fingerprint density at radius 3 is 2.73 bits per heavy atom. The minimum atomic E-state index is -2.99. The molecule has 0 saturated heterocycles. The van der Waals surface area contributed by atoms with Gasteiger partial charge in [0.15, 0.2) is 17.5 Å². The number of rotatable bonds is 8. The van der Waals surface area contributed by atoms with E-state index in [9.17, 15) is 8.42 Å². The van der Waals surface area contributed by atoms with Gasteiger partial charge in [-0.25, -0.2) is 8.42 Å². The summed E-state index contributed by atoms with van der Waals surface area (Å²) in [5, 5.41) is 6.37. The van der Waals surface area contributed by atoms with E-state index in [4.69, 9.17) is 14.2 Å². The summed E-state index contributed by atoms with van der Waals surface area (Å²) in [7, 11) is -2.99. The van der Waals surface area contributed by atoms with Crippen LogP contribution in [0.15, 0.2) is 23.2 Å². The number of ether oxygens (including phenoxy) is 3. The molecule has 146 valence electrons. The third-order valence-electron chi connectivity index (χ3n) is 3.46. The minimum absolute atomic E-state index is 0.0201. The molecule has 0 atom stereocenters. The highest BCUT2D eigenvalue weighted by Crippen LogP contribution is 2.32. The quantitative estimate of drug-likeness (QED) is 0.395. The zero-order valence-electron chi connectivity index (χ0n) is 15.3. The van der Waals surface area contributed by atoms with E-state index in [2.05, 4.69) is 15.6 Å². The molecule has 1 aromatic carbocycles. The van der Waals surface area contributed by atoms with Crippen LogP contribution >= 0.6 is 0 Å². The zero-order valence-corrected chi connectivity index (χ0v) is 16.1. The van der Waals surface area contributed by atoms with E-state index in [1.165, 1.54) is 6.26 Å². The number of anilines is 1. The highest BCUT2D eigenvalue weighted by molar-refractivity contribution is 7.90. The van der Waals surface area contributed by atoms with Gasteiger partial charge in [0, 0.05) is 31.0 Å². The van der Waals surface area contributed by atoms with Crippen molar-refractivity contribution in [1.29, 1.82) is 0 Å². The molecule has 9 heteroatoms. The fourth-order valence-corrected chi connectivity index (χ4v) is 2.64. The molecule has 1 heterocycles. The van der Waals surface area contributed by atoms with Crippen LogP contribution in [0.25, 0.3) is 0 Å². The predicted molar refractivity (Wildman–Crippen MR) is 102 cm³/mol. The molecular weight excluding hydrogens is 358 g/mol. The third kappa shape index (κ3) is 7.49. The van der Waals surface area contributed by atoms with Crippen molar-refractivity contribution in [1.82, 2.24) is 5.32 Å². The lowest BCUT2D eigenvalue weighted by molar-refractivity contribution is 0.157. The summed E-state index contributed by atoms with van der Waals surface area (Å²) in [6.45, 7) is 4.94. The van der Waals surface area contributed by atoms with Crippen LogP contribution < -0.4 is 20.1 Å². The van der Waals surface area contributed by atoms with E-state index in [1.807, 2.05) is 25.1 Å². The van der Waals surface area contributed by atoms with Crippen LogP contribution in [0.4, 0.5) is 5.69 Å². The molecule has 2 rings (SSSR count). The summed E-state index contributed by atoms with van der Waals surface area (Å²) in [4.78, 5) is 4.42. The lowest BCUT2D eigenvalue weighted by Crippen LogP contribution is -2.31. The Balaban J connectivity index is 1.87. The molecule has 0 unspecified atom stereocenters. The fourth-order valence-electron chi connectivity index (χ4n) is 2.22. The van der Waals surface area contributed by atoms with E-state index in [0.29, 0.717) is 44.6 Å². The second-order valence-corrected chi connectivity index (χ2v) is 8.10. The molecule has 0 aromatic heterocycles. The second kappa shape index (κ2) is 10.2. The first-order valence-electron chi connectivity index (χ1n) is 8.68. The molecule has 26 heavy (non-hydrogen) atoms. The maximum Gasteiger partial charge on any atom is 0.195 e. The van der Waals surface area contributed by atoms with Gasteiger partial charge in [0.2, 0.25) is 0 Å². The molecule has 0 aliphatic carbocycles. The standard InChI is InChI=1S/C17H27N3O5S/c1-3-18-17(19-7-10-23-11-12-26(2,21)22)20-14-5-6-15-16(13-14)25-9-4-8-24-15/h5-6,13H,3-4,7-12H2,1-2H3,(H2,18,19,20). The van der Waals surface area contributed by atoms with Crippen LogP contribution in [0, 0.1) is 0 Å². The average molecular weight is 385 g/mol. The molecular formula is C17H27N3O5S. The third-order valence-corrected chi connectivity index (χ3v) is 4.37. The Labute approximate surface area is 154 Å². The lowest BCUT2D eigenvalue weighted by atomic mass is 10.3. The van der Waals surface area contributed by atoms with Gasteiger partial charge in [-0.05, 0) is 19.1 Å². The van der Waals surface area contributed by atoms with Gasteiger partial charge in [-0.1, -0.05) is 0 Å². The van der Waals surface area contributed by atoms with Crippen LogP contribution in [0.3, 0.4) is 0 Å². The topological polar surface area (TPSA) is 98.3 Å². The van der Waals surface area contributed by atoms with Crippen LogP contribution in [0.2, 0.25) is 0 Å². The Kier molecular flexibility index (Phi) is 7.99. The number of nitrogens with zero attached hydrogens (tertiary/aromatic N) is 1. The van der Waals surface area contributed by atoms with Crippen LogP contribution in [-0.2, 0) is 14.6 Å². The number of nitrogens with one attached hydrogen (secondary N) is 2. The monoisotopic (exact) mass is 385 g/mol. The second-order valence-electron chi connectivity index (χ2n) is 5.84. The smallest absolute Gasteiger partial charge is 0.195 e. The zero-order chi connectivity index (χ0) is 18.8. The first-order valence-corrected chi connectivity index (χ1v) is 10.7. The SMILES string of the molecule is CCNC(=NCCOCCS(C)(=O)=O)Nc1ccc2c(c1)OCCCO2. The number of hydrogen-bond donors (Lipinski definition) is 2. The predicted octanol–water partition coefficient (Wildman–Crippen LogP) is 1.29. The molecule has 0 bridgehead atoms. The Bertz CT molecular complexity index is 706. The molecule has 2 N–H and O–H groups in total. The van der Waals surface area contributed by atoms with Crippen LogP contribution in [0.5, 0.6) is 11.5 Å². The van der Waals surface area contributed by atoms with E-state index in [-0.39, 0.29) is 12.4 Å². The van der Waals surface area contributed by atoms with Gasteiger partial charge in [0.05, 0.1) is 38.7 Å². The maximum atomic E-state index is 11.0. The number of guanidine groups is 1. The summed E-state index contributed by atoms with van der Waals surface area (Å²) in [5.41, 5.74) is 0.840. The summed E-state index contributed by atoms with van der Waals surface area (Å²) < 4.78 is 38.7. The van der Waals surface area contributed by atoms with Crippen molar-refractivity contribution in [3.63, 3.8) is 0 Å². The van der Waals surface area contributed by atoms with E-state index < -0.39 is 9.84 Å². The fraction of sp³-hybridized carbons (Fsp3) is 0.588. The highest BCUT2D eigenvalue weighted by atomic mass is 32.2. The number of fused-ring (bicyclic) bond motifs is 1. The maximum absolute atomic E-state index is 11.0. The molecule has 1 aromatic rings. The van der Waals surface area contributed by atoms with E-state index in [0.717, 1.165) is 17.9 Å². The molecule has 0 saturated carbocycles. The minimum Gasteiger partial charge on any atom is -0.490 e. The van der Waals surface area contributed by atoms with Gasteiger partial charge in [-0.2, -0.15) is 0 Å². The van der Waals surface area contributed by atoms with Gasteiger partial charge < -0.3 is 24.8 Å². The highest BCUT2D eigenvalue weighted by Gasteiger charge is 2.11. The van der Waals surface area contributed by atoms with E-state index >= 15 is 0 Å². The van der Waals surface area contributed by atoms with Crippen molar-refractivity contribution >= 4 is 21.5 Å². The molecule has 0 fully saturated rings. The lowest BCUT2D eigenvalue weighted by Gasteiger charge is -2.13. The molecule has 1 aliphatic rings. The number of hydrogen-bond acceptors (Lipinski definition) is 6. The van der Waals surface area contributed by atoms with E-state index in [1.54, 1.807) is 0 Å². The molecule has 0 radical (unpaired) electrons. The van der Waals surface area contributed by atoms with Gasteiger partial charge in [-0.3, -0.25) is 4.99 Å². The van der Waals surface area contributed by atoms with Crippen molar-refractivity contribution in [2.75, 3.05) is 56.8 Å². The summed E-state index contributed by atoms with van der Waals surface area (Å²) in [6, 6.07) is 5.67.